The Morgan fingerprint density at radius 1 is 1.52 bits per heavy atom. The van der Waals surface area contributed by atoms with E-state index in [1.54, 1.807) is 18.0 Å². The molecule has 1 aliphatic carbocycles. The summed E-state index contributed by atoms with van der Waals surface area (Å²) in [5, 5.41) is 2.91. The topological polar surface area (TPSA) is 67.6 Å². The number of nitrogen functional groups attached to an aromatic ring is 1. The number of anilines is 2. The number of hydrogen-bond donors (Lipinski definition) is 2. The SMILES string of the molecule is CCCOc1cc(N(C)CC(=O)NC2CC2)c(N)cc1F. The third-order valence-electron chi connectivity index (χ3n) is 3.28. The van der Waals surface area contributed by atoms with Crippen molar-refractivity contribution in [2.75, 3.05) is 30.8 Å². The normalized spacial score (nSPS) is 13.9. The Labute approximate surface area is 124 Å². The number of amides is 1. The molecule has 0 aliphatic heterocycles. The maximum Gasteiger partial charge on any atom is 0.239 e. The lowest BCUT2D eigenvalue weighted by Gasteiger charge is -2.21. The molecule has 1 saturated carbocycles. The Morgan fingerprint density at radius 3 is 2.86 bits per heavy atom. The van der Waals surface area contributed by atoms with E-state index < -0.39 is 5.82 Å². The van der Waals surface area contributed by atoms with Gasteiger partial charge in [0.25, 0.3) is 0 Å². The molecule has 6 heteroatoms. The molecule has 0 saturated heterocycles. The first-order valence-corrected chi connectivity index (χ1v) is 7.23. The number of hydrogen-bond acceptors (Lipinski definition) is 4. The lowest BCUT2D eigenvalue weighted by molar-refractivity contribution is -0.119. The number of halogens is 1. The zero-order chi connectivity index (χ0) is 15.4. The van der Waals surface area contributed by atoms with Gasteiger partial charge in [0.15, 0.2) is 11.6 Å². The van der Waals surface area contributed by atoms with Gasteiger partial charge in [-0.3, -0.25) is 4.79 Å². The van der Waals surface area contributed by atoms with Crippen molar-refractivity contribution >= 4 is 17.3 Å². The van der Waals surface area contributed by atoms with Crippen LogP contribution in [0.5, 0.6) is 5.75 Å². The van der Waals surface area contributed by atoms with Crippen LogP contribution >= 0.6 is 0 Å². The Hall–Kier alpha value is -1.98. The second-order valence-electron chi connectivity index (χ2n) is 5.39. The minimum Gasteiger partial charge on any atom is -0.490 e. The number of ether oxygens (including phenoxy) is 1. The molecule has 1 aromatic rings. The molecule has 5 nitrogen and oxygen atoms in total. The number of likely N-dealkylation sites (N-methyl/N-ethyl adjacent to an activating group) is 1. The van der Waals surface area contributed by atoms with Crippen molar-refractivity contribution in [3.63, 3.8) is 0 Å². The van der Waals surface area contributed by atoms with Crippen molar-refractivity contribution < 1.29 is 13.9 Å². The molecule has 2 rings (SSSR count). The van der Waals surface area contributed by atoms with Crippen LogP contribution in [0.15, 0.2) is 12.1 Å². The van der Waals surface area contributed by atoms with Crippen LogP contribution in [0.3, 0.4) is 0 Å². The first-order valence-electron chi connectivity index (χ1n) is 7.23. The van der Waals surface area contributed by atoms with Gasteiger partial charge in [0.2, 0.25) is 5.91 Å². The van der Waals surface area contributed by atoms with Crippen molar-refractivity contribution in [2.24, 2.45) is 0 Å². The van der Waals surface area contributed by atoms with E-state index in [2.05, 4.69) is 5.32 Å². The van der Waals surface area contributed by atoms with Crippen LogP contribution in [0.4, 0.5) is 15.8 Å². The fourth-order valence-corrected chi connectivity index (χ4v) is 2.01. The Bertz CT molecular complexity index is 518. The van der Waals surface area contributed by atoms with E-state index in [-0.39, 0.29) is 23.9 Å². The zero-order valence-electron chi connectivity index (χ0n) is 12.5. The largest absolute Gasteiger partial charge is 0.490 e. The summed E-state index contributed by atoms with van der Waals surface area (Å²) >= 11 is 0. The fraction of sp³-hybridized carbons (Fsp3) is 0.533. The van der Waals surface area contributed by atoms with Gasteiger partial charge in [-0.1, -0.05) is 6.92 Å². The van der Waals surface area contributed by atoms with Gasteiger partial charge in [-0.2, -0.15) is 0 Å². The van der Waals surface area contributed by atoms with Gasteiger partial charge in [-0.15, -0.1) is 0 Å². The zero-order valence-corrected chi connectivity index (χ0v) is 12.5. The van der Waals surface area contributed by atoms with Crippen LogP contribution in [-0.4, -0.2) is 32.1 Å². The van der Waals surface area contributed by atoms with Crippen LogP contribution in [0.1, 0.15) is 26.2 Å². The van der Waals surface area contributed by atoms with Crippen molar-refractivity contribution in [1.82, 2.24) is 5.32 Å². The number of benzene rings is 1. The number of carbonyl (C=O) groups is 1. The predicted molar refractivity (Wildman–Crippen MR) is 81.0 cm³/mol. The Balaban J connectivity index is 2.07. The standard InChI is InChI=1S/C15H22FN3O2/c1-3-6-21-14-8-13(12(17)7-11(14)16)19(2)9-15(20)18-10-4-5-10/h7-8,10H,3-6,9,17H2,1-2H3,(H,18,20). The average molecular weight is 295 g/mol. The molecule has 0 aromatic heterocycles. The highest BCUT2D eigenvalue weighted by Crippen LogP contribution is 2.30. The molecule has 1 fully saturated rings. The Kier molecular flexibility index (Phi) is 4.88. The third kappa shape index (κ3) is 4.24. The van der Waals surface area contributed by atoms with Crippen LogP contribution in [0.2, 0.25) is 0 Å². The monoisotopic (exact) mass is 295 g/mol. The average Bonchev–Trinajstić information content (AvgIpc) is 3.21. The van der Waals surface area contributed by atoms with Crippen molar-refractivity contribution in [3.8, 4) is 5.75 Å². The minimum atomic E-state index is -0.486. The van der Waals surface area contributed by atoms with Gasteiger partial charge >= 0.3 is 0 Å². The van der Waals surface area contributed by atoms with Gasteiger partial charge < -0.3 is 20.7 Å². The van der Waals surface area contributed by atoms with Crippen molar-refractivity contribution in [3.05, 3.63) is 17.9 Å². The highest BCUT2D eigenvalue weighted by atomic mass is 19.1. The Morgan fingerprint density at radius 2 is 2.24 bits per heavy atom. The molecule has 1 amide bonds. The molecule has 1 aliphatic rings. The molecule has 0 atom stereocenters. The smallest absolute Gasteiger partial charge is 0.239 e. The van der Waals surface area contributed by atoms with Crippen LogP contribution < -0.4 is 20.7 Å². The maximum atomic E-state index is 13.8. The van der Waals surface area contributed by atoms with Crippen LogP contribution in [0.25, 0.3) is 0 Å². The molecule has 116 valence electrons. The van der Waals surface area contributed by atoms with E-state index in [0.29, 0.717) is 18.3 Å². The van der Waals surface area contributed by atoms with Gasteiger partial charge in [-0.25, -0.2) is 4.39 Å². The van der Waals surface area contributed by atoms with Gasteiger partial charge in [0.1, 0.15) is 0 Å². The third-order valence-corrected chi connectivity index (χ3v) is 3.28. The second kappa shape index (κ2) is 6.65. The summed E-state index contributed by atoms with van der Waals surface area (Å²) in [5.74, 6) is -0.379. The fourth-order valence-electron chi connectivity index (χ4n) is 2.01. The lowest BCUT2D eigenvalue weighted by atomic mass is 10.2. The first-order chi connectivity index (χ1) is 10.0. The first kappa shape index (κ1) is 15.4. The number of nitrogens with one attached hydrogen (secondary N) is 1. The maximum absolute atomic E-state index is 13.8. The van der Waals surface area contributed by atoms with E-state index in [4.69, 9.17) is 10.5 Å². The van der Waals surface area contributed by atoms with E-state index >= 15 is 0 Å². The lowest BCUT2D eigenvalue weighted by Crippen LogP contribution is -2.36. The quantitative estimate of drug-likeness (QED) is 0.754. The molecule has 0 spiro atoms. The highest BCUT2D eigenvalue weighted by molar-refractivity contribution is 5.83. The summed E-state index contributed by atoms with van der Waals surface area (Å²) in [6, 6.07) is 3.10. The van der Waals surface area contributed by atoms with Crippen LogP contribution in [-0.2, 0) is 4.79 Å². The summed E-state index contributed by atoms with van der Waals surface area (Å²) < 4.78 is 19.1. The molecular weight excluding hydrogens is 273 g/mol. The predicted octanol–water partition coefficient (Wildman–Crippen LogP) is 1.91. The summed E-state index contributed by atoms with van der Waals surface area (Å²) in [6.07, 6.45) is 2.88. The van der Waals surface area contributed by atoms with Crippen molar-refractivity contribution in [2.45, 2.75) is 32.2 Å². The summed E-state index contributed by atoms with van der Waals surface area (Å²) in [5.41, 5.74) is 6.72. The molecule has 0 radical (unpaired) electrons. The molecule has 3 N–H and O–H groups in total. The van der Waals surface area contributed by atoms with Crippen molar-refractivity contribution in [1.29, 1.82) is 0 Å². The van der Waals surface area contributed by atoms with Gasteiger partial charge in [0, 0.05) is 25.2 Å². The van der Waals surface area contributed by atoms with E-state index in [0.717, 1.165) is 19.3 Å². The molecule has 0 heterocycles. The number of rotatable bonds is 7. The molecule has 0 unspecified atom stereocenters. The van der Waals surface area contributed by atoms with E-state index in [9.17, 15) is 9.18 Å². The molecule has 1 aromatic carbocycles. The molecule has 0 bridgehead atoms. The number of carbonyl (C=O) groups excluding carboxylic acids is 1. The van der Waals surface area contributed by atoms with Gasteiger partial charge in [-0.05, 0) is 19.3 Å². The highest BCUT2D eigenvalue weighted by Gasteiger charge is 2.24. The summed E-state index contributed by atoms with van der Waals surface area (Å²) in [7, 11) is 1.75. The van der Waals surface area contributed by atoms with Crippen LogP contribution in [0, 0.1) is 5.82 Å². The second-order valence-corrected chi connectivity index (χ2v) is 5.39. The molecule has 21 heavy (non-hydrogen) atoms. The number of nitrogens with zero attached hydrogens (tertiary/aromatic N) is 1. The summed E-state index contributed by atoms with van der Waals surface area (Å²) in [4.78, 5) is 13.5. The van der Waals surface area contributed by atoms with Gasteiger partial charge in [0.05, 0.1) is 24.5 Å². The molecular formula is C15H22FN3O2. The van der Waals surface area contributed by atoms with E-state index in [1.807, 2.05) is 6.92 Å². The van der Waals surface area contributed by atoms with E-state index in [1.165, 1.54) is 6.07 Å². The number of nitrogens with two attached hydrogens (primary N) is 1. The summed E-state index contributed by atoms with van der Waals surface area (Å²) in [6.45, 7) is 2.57. The minimum absolute atomic E-state index is 0.0558.